The summed E-state index contributed by atoms with van der Waals surface area (Å²) in [6.07, 6.45) is -0.376. The molecular weight excluding hydrogens is 332 g/mol. The number of hydrogen-bond donors (Lipinski definition) is 1. The maximum atomic E-state index is 12.8. The summed E-state index contributed by atoms with van der Waals surface area (Å²) >= 11 is 0. The van der Waals surface area contributed by atoms with Gasteiger partial charge in [-0.05, 0) is 17.5 Å². The molecule has 0 radical (unpaired) electrons. The van der Waals surface area contributed by atoms with Gasteiger partial charge in [0.2, 0.25) is 5.91 Å². The predicted molar refractivity (Wildman–Crippen MR) is 94.9 cm³/mol. The van der Waals surface area contributed by atoms with Crippen molar-refractivity contribution in [2.24, 2.45) is 0 Å². The van der Waals surface area contributed by atoms with Crippen LogP contribution in [-0.4, -0.2) is 29.4 Å². The first-order valence-electron chi connectivity index (χ1n) is 8.46. The topological polar surface area (TPSA) is 75.7 Å². The van der Waals surface area contributed by atoms with E-state index in [0.717, 1.165) is 5.56 Å². The van der Waals surface area contributed by atoms with Crippen LogP contribution in [0, 0.1) is 0 Å². The third kappa shape index (κ3) is 3.18. The van der Waals surface area contributed by atoms with Gasteiger partial charge < -0.3 is 4.74 Å². The van der Waals surface area contributed by atoms with E-state index in [-0.39, 0.29) is 13.2 Å². The van der Waals surface area contributed by atoms with Crippen molar-refractivity contribution in [3.63, 3.8) is 0 Å². The molecule has 2 aromatic carbocycles. The summed E-state index contributed by atoms with van der Waals surface area (Å²) < 4.78 is 5.40. The number of piperazine rings is 1. The number of nitrogens with one attached hydrogen (secondary N) is 1. The van der Waals surface area contributed by atoms with Crippen LogP contribution < -0.4 is 5.32 Å². The molecule has 1 aliphatic rings. The second kappa shape index (κ2) is 7.39. The number of imide groups is 1. The summed E-state index contributed by atoms with van der Waals surface area (Å²) in [6, 6.07) is 18.2. The Morgan fingerprint density at radius 3 is 2.31 bits per heavy atom. The number of nitrogens with zero attached hydrogens (tertiary/aromatic N) is 1. The van der Waals surface area contributed by atoms with E-state index in [1.54, 1.807) is 31.2 Å². The Balaban J connectivity index is 1.91. The summed E-state index contributed by atoms with van der Waals surface area (Å²) in [5.41, 5.74) is 0.197. The van der Waals surface area contributed by atoms with E-state index in [1.165, 1.54) is 4.90 Å². The van der Waals surface area contributed by atoms with E-state index < -0.39 is 23.4 Å². The lowest BCUT2D eigenvalue weighted by atomic mass is 9.83. The van der Waals surface area contributed by atoms with Gasteiger partial charge in [0.05, 0.1) is 0 Å². The van der Waals surface area contributed by atoms with Crippen LogP contribution in [0.2, 0.25) is 0 Å². The zero-order chi connectivity index (χ0) is 18.6. The number of hydrogen-bond acceptors (Lipinski definition) is 4. The first-order valence-corrected chi connectivity index (χ1v) is 8.46. The number of rotatable bonds is 4. The first-order chi connectivity index (χ1) is 12.6. The van der Waals surface area contributed by atoms with E-state index in [9.17, 15) is 14.4 Å². The minimum atomic E-state index is -1.27. The number of amides is 3. The molecule has 6 nitrogen and oxygen atoms in total. The maximum absolute atomic E-state index is 12.8. The molecule has 3 rings (SSSR count). The average molecular weight is 352 g/mol. The fraction of sp³-hybridized carbons (Fsp3) is 0.250. The third-order valence-electron chi connectivity index (χ3n) is 4.58. The quantitative estimate of drug-likeness (QED) is 0.858. The number of benzene rings is 2. The minimum Gasteiger partial charge on any atom is -0.445 e. The van der Waals surface area contributed by atoms with Crippen LogP contribution in [-0.2, 0) is 26.5 Å². The molecule has 3 amide bonds. The SMILES string of the molecule is CCC1(c2ccccc2)C(=O)NC(=O)CN1C(=O)OCc1ccccc1. The Morgan fingerprint density at radius 2 is 1.69 bits per heavy atom. The van der Waals surface area contributed by atoms with Crippen LogP contribution in [0.3, 0.4) is 0 Å². The summed E-state index contributed by atoms with van der Waals surface area (Å²) in [5, 5.41) is 2.35. The van der Waals surface area contributed by atoms with E-state index in [1.807, 2.05) is 36.4 Å². The van der Waals surface area contributed by atoms with Crippen LogP contribution in [0.25, 0.3) is 0 Å². The molecule has 0 saturated carbocycles. The second-order valence-corrected chi connectivity index (χ2v) is 6.08. The average Bonchev–Trinajstić information content (AvgIpc) is 2.67. The molecule has 6 heteroatoms. The summed E-state index contributed by atoms with van der Waals surface area (Å²) in [7, 11) is 0. The molecule has 1 aliphatic heterocycles. The van der Waals surface area contributed by atoms with Crippen molar-refractivity contribution in [1.29, 1.82) is 0 Å². The summed E-state index contributed by atoms with van der Waals surface area (Å²) in [6.45, 7) is 1.64. The lowest BCUT2D eigenvalue weighted by Crippen LogP contribution is -2.66. The van der Waals surface area contributed by atoms with Crippen LogP contribution in [0.1, 0.15) is 24.5 Å². The van der Waals surface area contributed by atoms with Gasteiger partial charge in [0.15, 0.2) is 5.54 Å². The molecule has 1 atom stereocenters. The lowest BCUT2D eigenvalue weighted by Gasteiger charge is -2.44. The third-order valence-corrected chi connectivity index (χ3v) is 4.58. The minimum absolute atomic E-state index is 0.0700. The molecule has 0 aliphatic carbocycles. The van der Waals surface area contributed by atoms with E-state index in [0.29, 0.717) is 12.0 Å². The largest absolute Gasteiger partial charge is 0.445 e. The molecule has 26 heavy (non-hydrogen) atoms. The zero-order valence-corrected chi connectivity index (χ0v) is 14.5. The predicted octanol–water partition coefficient (Wildman–Crippen LogP) is 2.59. The van der Waals surface area contributed by atoms with Crippen molar-refractivity contribution in [3.05, 3.63) is 71.8 Å². The molecule has 1 unspecified atom stereocenters. The Labute approximate surface area is 151 Å². The standard InChI is InChI=1S/C20H20N2O4/c1-2-20(16-11-7-4-8-12-16)18(24)21-17(23)13-22(20)19(25)26-14-15-9-5-3-6-10-15/h3-12H,2,13-14H2,1H3,(H,21,23,24). The van der Waals surface area contributed by atoms with Crippen LogP contribution in [0.15, 0.2) is 60.7 Å². The molecule has 134 valence electrons. The molecule has 2 aromatic rings. The van der Waals surface area contributed by atoms with Gasteiger partial charge in [-0.15, -0.1) is 0 Å². The van der Waals surface area contributed by atoms with Crippen molar-refractivity contribution in [1.82, 2.24) is 10.2 Å². The molecule has 1 heterocycles. The smallest absolute Gasteiger partial charge is 0.411 e. The fourth-order valence-electron chi connectivity index (χ4n) is 3.24. The van der Waals surface area contributed by atoms with Gasteiger partial charge in [0, 0.05) is 0 Å². The second-order valence-electron chi connectivity index (χ2n) is 6.08. The van der Waals surface area contributed by atoms with Gasteiger partial charge in [-0.3, -0.25) is 19.8 Å². The fourth-order valence-corrected chi connectivity index (χ4v) is 3.24. The Kier molecular flexibility index (Phi) is 5.02. The highest BCUT2D eigenvalue weighted by molar-refractivity contribution is 6.06. The molecule has 1 fully saturated rings. The summed E-state index contributed by atoms with van der Waals surface area (Å²) in [4.78, 5) is 38.7. The van der Waals surface area contributed by atoms with Crippen LogP contribution in [0.4, 0.5) is 4.79 Å². The molecule has 1 saturated heterocycles. The lowest BCUT2D eigenvalue weighted by molar-refractivity contribution is -0.146. The Hall–Kier alpha value is -3.15. The molecule has 0 spiro atoms. The van der Waals surface area contributed by atoms with E-state index in [4.69, 9.17) is 4.74 Å². The van der Waals surface area contributed by atoms with Gasteiger partial charge in [-0.25, -0.2) is 4.79 Å². The highest BCUT2D eigenvalue weighted by atomic mass is 16.6. The highest BCUT2D eigenvalue weighted by Gasteiger charge is 2.51. The van der Waals surface area contributed by atoms with Crippen molar-refractivity contribution in [2.45, 2.75) is 25.5 Å². The normalized spacial score (nSPS) is 19.8. The number of carbonyl (C=O) groups is 3. The highest BCUT2D eigenvalue weighted by Crippen LogP contribution is 2.35. The first kappa shape index (κ1) is 17.7. The van der Waals surface area contributed by atoms with Crippen LogP contribution in [0.5, 0.6) is 0 Å². The number of carbonyl (C=O) groups excluding carboxylic acids is 3. The molecule has 0 aromatic heterocycles. The molecule has 1 N–H and O–H groups in total. The van der Waals surface area contributed by atoms with Crippen molar-refractivity contribution < 1.29 is 19.1 Å². The van der Waals surface area contributed by atoms with Crippen molar-refractivity contribution >= 4 is 17.9 Å². The van der Waals surface area contributed by atoms with Crippen molar-refractivity contribution in [3.8, 4) is 0 Å². The Morgan fingerprint density at radius 1 is 1.08 bits per heavy atom. The van der Waals surface area contributed by atoms with E-state index >= 15 is 0 Å². The number of ether oxygens (including phenoxy) is 1. The van der Waals surface area contributed by atoms with Gasteiger partial charge >= 0.3 is 6.09 Å². The van der Waals surface area contributed by atoms with Gasteiger partial charge in [-0.1, -0.05) is 67.6 Å². The van der Waals surface area contributed by atoms with Gasteiger partial charge in [-0.2, -0.15) is 0 Å². The maximum Gasteiger partial charge on any atom is 0.411 e. The van der Waals surface area contributed by atoms with Gasteiger partial charge in [0.25, 0.3) is 5.91 Å². The molecule has 0 bridgehead atoms. The van der Waals surface area contributed by atoms with Crippen molar-refractivity contribution in [2.75, 3.05) is 6.54 Å². The van der Waals surface area contributed by atoms with E-state index in [2.05, 4.69) is 5.32 Å². The Bertz CT molecular complexity index is 807. The van der Waals surface area contributed by atoms with Crippen LogP contribution >= 0.6 is 0 Å². The monoisotopic (exact) mass is 352 g/mol. The van der Waals surface area contributed by atoms with Gasteiger partial charge in [0.1, 0.15) is 13.2 Å². The zero-order valence-electron chi connectivity index (χ0n) is 14.5. The summed E-state index contributed by atoms with van der Waals surface area (Å²) in [5.74, 6) is -1.04. The molecular formula is C20H20N2O4.